The SMILES string of the molecule is C=C[C@H]1C[C@]1(NC(=O)[C@@H]1C[C@@H](NC(=O)c2ccncc2)CN1C(=O)[C@@H](NC(=O)CC1CC1)C(C)(C)C)C(=O)NS(=O)(=O)C1CC1. The summed E-state index contributed by atoms with van der Waals surface area (Å²) in [6, 6.07) is 0.395. The number of nitrogens with zero attached hydrogens (tertiary/aromatic N) is 2. The number of aromatic nitrogens is 1. The fourth-order valence-electron chi connectivity index (χ4n) is 5.84. The quantitative estimate of drug-likeness (QED) is 0.241. The van der Waals surface area contributed by atoms with Crippen molar-refractivity contribution in [3.05, 3.63) is 42.7 Å². The van der Waals surface area contributed by atoms with Crippen molar-refractivity contribution in [2.24, 2.45) is 17.3 Å². The Morgan fingerprint density at radius 3 is 2.33 bits per heavy atom. The molecule has 4 fully saturated rings. The minimum Gasteiger partial charge on any atom is -0.347 e. The normalized spacial score (nSPS) is 26.7. The molecule has 0 spiro atoms. The van der Waals surface area contributed by atoms with E-state index < -0.39 is 73.9 Å². The van der Waals surface area contributed by atoms with Crippen molar-refractivity contribution in [1.82, 2.24) is 30.6 Å². The van der Waals surface area contributed by atoms with Gasteiger partial charge >= 0.3 is 0 Å². The first-order chi connectivity index (χ1) is 21.1. The van der Waals surface area contributed by atoms with Crippen LogP contribution in [0.5, 0.6) is 0 Å². The van der Waals surface area contributed by atoms with Crippen molar-refractivity contribution < 1.29 is 32.4 Å². The summed E-state index contributed by atoms with van der Waals surface area (Å²) >= 11 is 0. The Labute approximate surface area is 263 Å². The number of carbonyl (C=O) groups excluding carboxylic acids is 5. The number of pyridine rings is 1. The maximum absolute atomic E-state index is 14.2. The molecule has 1 aromatic heterocycles. The van der Waals surface area contributed by atoms with Gasteiger partial charge < -0.3 is 20.9 Å². The Bertz CT molecular complexity index is 1480. The highest BCUT2D eigenvalue weighted by molar-refractivity contribution is 7.91. The predicted molar refractivity (Wildman–Crippen MR) is 164 cm³/mol. The Balaban J connectivity index is 1.38. The molecule has 1 saturated heterocycles. The Kier molecular flexibility index (Phi) is 8.82. The van der Waals surface area contributed by atoms with E-state index in [0.29, 0.717) is 30.7 Å². The van der Waals surface area contributed by atoms with Gasteiger partial charge in [-0.05, 0) is 62.0 Å². The highest BCUT2D eigenvalue weighted by atomic mass is 32.2. The van der Waals surface area contributed by atoms with Gasteiger partial charge in [0.25, 0.3) is 11.8 Å². The fraction of sp³-hybridized carbons (Fsp3) is 0.613. The molecule has 1 aliphatic heterocycles. The van der Waals surface area contributed by atoms with Crippen LogP contribution in [-0.4, -0.2) is 83.3 Å². The number of hydrogen-bond donors (Lipinski definition) is 4. The molecule has 4 aliphatic rings. The van der Waals surface area contributed by atoms with Crippen LogP contribution in [0.4, 0.5) is 0 Å². The summed E-state index contributed by atoms with van der Waals surface area (Å²) in [6.45, 7) is 9.17. The molecule has 5 amide bonds. The van der Waals surface area contributed by atoms with E-state index in [9.17, 15) is 32.4 Å². The number of sulfonamides is 1. The molecule has 3 saturated carbocycles. The second-order valence-electron chi connectivity index (χ2n) is 13.8. The van der Waals surface area contributed by atoms with Gasteiger partial charge in [-0.15, -0.1) is 6.58 Å². The van der Waals surface area contributed by atoms with Crippen LogP contribution >= 0.6 is 0 Å². The van der Waals surface area contributed by atoms with Crippen LogP contribution in [0.1, 0.15) is 76.1 Å². The summed E-state index contributed by atoms with van der Waals surface area (Å²) in [6.07, 6.45) is 7.83. The van der Waals surface area contributed by atoms with Crippen molar-refractivity contribution in [2.75, 3.05) is 6.54 Å². The molecular weight excluding hydrogens is 600 g/mol. The molecule has 5 rings (SSSR count). The van der Waals surface area contributed by atoms with E-state index in [-0.39, 0.29) is 25.3 Å². The van der Waals surface area contributed by atoms with E-state index in [2.05, 4.69) is 32.2 Å². The Morgan fingerprint density at radius 2 is 1.78 bits per heavy atom. The van der Waals surface area contributed by atoms with E-state index in [1.807, 2.05) is 20.8 Å². The molecule has 14 heteroatoms. The minimum atomic E-state index is -3.87. The Hall–Kier alpha value is -3.81. The first-order valence-corrected chi connectivity index (χ1v) is 17.0. The molecule has 0 unspecified atom stereocenters. The topological polar surface area (TPSA) is 184 Å². The second kappa shape index (κ2) is 12.2. The molecule has 0 bridgehead atoms. The van der Waals surface area contributed by atoms with Gasteiger partial charge in [-0.2, -0.15) is 0 Å². The maximum atomic E-state index is 14.2. The van der Waals surface area contributed by atoms with E-state index in [0.717, 1.165) is 12.8 Å². The van der Waals surface area contributed by atoms with Gasteiger partial charge in [0.05, 0.1) is 5.25 Å². The molecule has 3 aliphatic carbocycles. The van der Waals surface area contributed by atoms with E-state index in [1.165, 1.54) is 23.4 Å². The summed E-state index contributed by atoms with van der Waals surface area (Å²) < 4.78 is 27.2. The largest absolute Gasteiger partial charge is 0.347 e. The van der Waals surface area contributed by atoms with Gasteiger partial charge in [0.15, 0.2) is 0 Å². The zero-order chi connectivity index (χ0) is 32.7. The molecule has 244 valence electrons. The van der Waals surface area contributed by atoms with Gasteiger partial charge in [0.1, 0.15) is 17.6 Å². The first-order valence-electron chi connectivity index (χ1n) is 15.5. The summed E-state index contributed by atoms with van der Waals surface area (Å²) in [5.74, 6) is -2.84. The monoisotopic (exact) mass is 642 g/mol. The van der Waals surface area contributed by atoms with Crippen molar-refractivity contribution in [2.45, 2.75) is 94.6 Å². The molecule has 0 aromatic carbocycles. The van der Waals surface area contributed by atoms with Crippen molar-refractivity contribution in [3.63, 3.8) is 0 Å². The first kappa shape index (κ1) is 32.6. The zero-order valence-corrected chi connectivity index (χ0v) is 26.7. The van der Waals surface area contributed by atoms with Crippen LogP contribution in [0.15, 0.2) is 37.2 Å². The number of hydrogen-bond acceptors (Lipinski definition) is 8. The highest BCUT2D eigenvalue weighted by Gasteiger charge is 2.62. The van der Waals surface area contributed by atoms with Gasteiger partial charge in [0.2, 0.25) is 27.7 Å². The third-order valence-electron chi connectivity index (χ3n) is 9.00. The average molecular weight is 643 g/mol. The number of likely N-dealkylation sites (tertiary alicyclic amines) is 1. The molecule has 45 heavy (non-hydrogen) atoms. The van der Waals surface area contributed by atoms with Crippen LogP contribution in [0.2, 0.25) is 0 Å². The molecule has 5 atom stereocenters. The summed E-state index contributed by atoms with van der Waals surface area (Å²) in [5, 5.41) is 7.88. The molecule has 4 N–H and O–H groups in total. The molecule has 1 aromatic rings. The molecule has 13 nitrogen and oxygen atoms in total. The van der Waals surface area contributed by atoms with Crippen LogP contribution in [0.3, 0.4) is 0 Å². The van der Waals surface area contributed by atoms with Crippen molar-refractivity contribution in [1.29, 1.82) is 0 Å². The van der Waals surface area contributed by atoms with Crippen molar-refractivity contribution >= 4 is 39.6 Å². The van der Waals surface area contributed by atoms with E-state index in [4.69, 9.17) is 0 Å². The summed E-state index contributed by atoms with van der Waals surface area (Å²) in [4.78, 5) is 72.5. The lowest BCUT2D eigenvalue weighted by molar-refractivity contribution is -0.144. The third kappa shape index (κ3) is 7.37. The van der Waals surface area contributed by atoms with E-state index >= 15 is 0 Å². The maximum Gasteiger partial charge on any atom is 0.259 e. The number of rotatable bonds is 12. The number of carbonyl (C=O) groups is 5. The van der Waals surface area contributed by atoms with Gasteiger partial charge in [-0.25, -0.2) is 8.42 Å². The molecule has 2 heterocycles. The zero-order valence-electron chi connectivity index (χ0n) is 25.9. The van der Waals surface area contributed by atoms with E-state index in [1.54, 1.807) is 12.1 Å². The highest BCUT2D eigenvalue weighted by Crippen LogP contribution is 2.45. The standard InChI is InChI=1S/C31H42N6O7S/c1-5-20-16-31(20,29(42)36-45(43,44)22-8-9-22)35-27(40)23-15-21(33-26(39)19-10-12-32-13-11-19)17-37(23)28(41)25(30(2,3)4)34-24(38)14-18-6-7-18/h5,10-13,18,20-23,25H,1,6-9,14-17H2,2-4H3,(H,33,39)(H,34,38)(H,35,40)(H,36,42)/t20-,21+,23-,25+,31+/m0/s1. The van der Waals surface area contributed by atoms with Gasteiger partial charge in [-0.1, -0.05) is 26.8 Å². The number of amides is 5. The summed E-state index contributed by atoms with van der Waals surface area (Å²) in [7, 11) is -3.87. The third-order valence-corrected chi connectivity index (χ3v) is 10.8. The smallest absolute Gasteiger partial charge is 0.259 e. The average Bonchev–Trinajstić information content (AvgIpc) is 3.86. The van der Waals surface area contributed by atoms with Crippen LogP contribution in [-0.2, 0) is 29.2 Å². The lowest BCUT2D eigenvalue weighted by Gasteiger charge is -2.35. The van der Waals surface area contributed by atoms with Crippen LogP contribution in [0.25, 0.3) is 0 Å². The van der Waals surface area contributed by atoms with Gasteiger partial charge in [-0.3, -0.25) is 33.7 Å². The van der Waals surface area contributed by atoms with Crippen LogP contribution < -0.4 is 20.7 Å². The molecule has 0 radical (unpaired) electrons. The van der Waals surface area contributed by atoms with Crippen LogP contribution in [0, 0.1) is 17.3 Å². The summed E-state index contributed by atoms with van der Waals surface area (Å²) in [5.41, 5.74) is -1.89. The van der Waals surface area contributed by atoms with Crippen molar-refractivity contribution in [3.8, 4) is 0 Å². The van der Waals surface area contributed by atoms with Gasteiger partial charge in [0, 0.05) is 42.9 Å². The molecular formula is C31H42N6O7S. The second-order valence-corrected chi connectivity index (χ2v) is 15.8. The number of nitrogens with one attached hydrogen (secondary N) is 4. The lowest BCUT2D eigenvalue weighted by atomic mass is 9.85. The minimum absolute atomic E-state index is 0.0149. The lowest BCUT2D eigenvalue weighted by Crippen LogP contribution is -2.60. The fourth-order valence-corrected chi connectivity index (χ4v) is 7.21. The Morgan fingerprint density at radius 1 is 1.11 bits per heavy atom. The predicted octanol–water partition coefficient (Wildman–Crippen LogP) is 0.781.